The fourth-order valence-electron chi connectivity index (χ4n) is 3.24. The van der Waals surface area contributed by atoms with Crippen molar-refractivity contribution in [3.63, 3.8) is 0 Å². The SMILES string of the molecule is CCn1ncc(Cl)c1C1CC(C)(C)CCC1CN. The van der Waals surface area contributed by atoms with Crippen molar-refractivity contribution in [2.24, 2.45) is 17.1 Å². The number of nitrogens with two attached hydrogens (primary N) is 1. The van der Waals surface area contributed by atoms with Gasteiger partial charge in [-0.2, -0.15) is 5.10 Å². The van der Waals surface area contributed by atoms with E-state index in [1.165, 1.54) is 18.5 Å². The fourth-order valence-corrected chi connectivity index (χ4v) is 3.52. The summed E-state index contributed by atoms with van der Waals surface area (Å²) in [5, 5.41) is 5.17. The van der Waals surface area contributed by atoms with Crippen LogP contribution in [0.1, 0.15) is 51.6 Å². The molecule has 2 unspecified atom stereocenters. The Balaban J connectivity index is 2.35. The third-order valence-corrected chi connectivity index (χ3v) is 4.61. The third kappa shape index (κ3) is 2.57. The Morgan fingerprint density at radius 3 is 2.89 bits per heavy atom. The minimum atomic E-state index is 0.377. The lowest BCUT2D eigenvalue weighted by molar-refractivity contribution is 0.160. The van der Waals surface area contributed by atoms with Gasteiger partial charge in [0.05, 0.1) is 16.9 Å². The molecule has 0 saturated heterocycles. The topological polar surface area (TPSA) is 43.8 Å². The molecule has 2 atom stereocenters. The van der Waals surface area contributed by atoms with E-state index >= 15 is 0 Å². The van der Waals surface area contributed by atoms with Crippen LogP contribution in [0.15, 0.2) is 6.20 Å². The van der Waals surface area contributed by atoms with Crippen molar-refractivity contribution < 1.29 is 0 Å². The molecule has 2 N–H and O–H groups in total. The van der Waals surface area contributed by atoms with Crippen LogP contribution in [0.4, 0.5) is 0 Å². The van der Waals surface area contributed by atoms with Crippen molar-refractivity contribution in [2.75, 3.05) is 6.54 Å². The standard InChI is InChI=1S/C14H24ClN3/c1-4-18-13(12(15)9-17-18)11-7-14(2,3)6-5-10(11)8-16/h9-11H,4-8,16H2,1-3H3. The number of rotatable bonds is 3. The van der Waals surface area contributed by atoms with Gasteiger partial charge in [-0.25, -0.2) is 0 Å². The predicted octanol–water partition coefficient (Wildman–Crippen LogP) is 3.43. The zero-order valence-electron chi connectivity index (χ0n) is 11.6. The maximum absolute atomic E-state index is 6.35. The summed E-state index contributed by atoms with van der Waals surface area (Å²) in [5.74, 6) is 0.992. The first kappa shape index (κ1) is 13.9. The summed E-state index contributed by atoms with van der Waals surface area (Å²) in [6, 6.07) is 0. The zero-order chi connectivity index (χ0) is 13.3. The normalized spacial score (nSPS) is 27.4. The van der Waals surface area contributed by atoms with Gasteiger partial charge in [-0.3, -0.25) is 4.68 Å². The second-order valence-electron chi connectivity index (χ2n) is 6.20. The van der Waals surface area contributed by atoms with E-state index in [1.807, 2.05) is 4.68 Å². The van der Waals surface area contributed by atoms with Gasteiger partial charge in [0.1, 0.15) is 0 Å². The van der Waals surface area contributed by atoms with Gasteiger partial charge in [0.15, 0.2) is 0 Å². The first-order valence-corrected chi connectivity index (χ1v) is 7.27. The summed E-state index contributed by atoms with van der Waals surface area (Å²) in [6.07, 6.45) is 5.37. The highest BCUT2D eigenvalue weighted by Gasteiger charge is 2.37. The van der Waals surface area contributed by atoms with E-state index in [0.29, 0.717) is 17.3 Å². The Morgan fingerprint density at radius 1 is 1.56 bits per heavy atom. The zero-order valence-corrected chi connectivity index (χ0v) is 12.4. The number of nitrogens with zero attached hydrogens (tertiary/aromatic N) is 2. The van der Waals surface area contributed by atoms with Crippen LogP contribution in [0, 0.1) is 11.3 Å². The monoisotopic (exact) mass is 269 g/mol. The molecule has 0 amide bonds. The van der Waals surface area contributed by atoms with E-state index in [0.717, 1.165) is 24.5 Å². The highest BCUT2D eigenvalue weighted by Crippen LogP contribution is 2.47. The molecule has 1 aromatic heterocycles. The van der Waals surface area contributed by atoms with Gasteiger partial charge in [0, 0.05) is 12.5 Å². The van der Waals surface area contributed by atoms with Crippen LogP contribution in [-0.2, 0) is 6.54 Å². The molecular weight excluding hydrogens is 246 g/mol. The van der Waals surface area contributed by atoms with Gasteiger partial charge < -0.3 is 5.73 Å². The molecule has 0 aromatic carbocycles. The van der Waals surface area contributed by atoms with E-state index in [9.17, 15) is 0 Å². The maximum Gasteiger partial charge on any atom is 0.0820 e. The molecule has 4 heteroatoms. The van der Waals surface area contributed by atoms with Gasteiger partial charge in [0.25, 0.3) is 0 Å². The van der Waals surface area contributed by atoms with Crippen molar-refractivity contribution in [1.29, 1.82) is 0 Å². The number of aryl methyl sites for hydroxylation is 1. The summed E-state index contributed by atoms with van der Waals surface area (Å²) in [5.41, 5.74) is 7.53. The molecule has 102 valence electrons. The highest BCUT2D eigenvalue weighted by molar-refractivity contribution is 6.31. The first-order chi connectivity index (χ1) is 8.48. The van der Waals surface area contributed by atoms with Crippen LogP contribution in [-0.4, -0.2) is 16.3 Å². The molecule has 3 nitrogen and oxygen atoms in total. The van der Waals surface area contributed by atoms with E-state index in [-0.39, 0.29) is 0 Å². The van der Waals surface area contributed by atoms with Gasteiger partial charge in [-0.15, -0.1) is 0 Å². The molecule has 18 heavy (non-hydrogen) atoms. The molecular formula is C14H24ClN3. The van der Waals surface area contributed by atoms with Crippen molar-refractivity contribution in [1.82, 2.24) is 9.78 Å². The number of hydrogen-bond donors (Lipinski definition) is 1. The van der Waals surface area contributed by atoms with Crippen molar-refractivity contribution in [3.05, 3.63) is 16.9 Å². The summed E-state index contributed by atoms with van der Waals surface area (Å²) < 4.78 is 2.04. The molecule has 0 radical (unpaired) electrons. The van der Waals surface area contributed by atoms with Crippen LogP contribution in [0.5, 0.6) is 0 Å². The van der Waals surface area contributed by atoms with Gasteiger partial charge in [0.2, 0.25) is 0 Å². The quantitative estimate of drug-likeness (QED) is 0.914. The minimum absolute atomic E-state index is 0.377. The molecule has 1 fully saturated rings. The summed E-state index contributed by atoms with van der Waals surface area (Å²) in [6.45, 7) is 8.40. The summed E-state index contributed by atoms with van der Waals surface area (Å²) in [7, 11) is 0. The van der Waals surface area contributed by atoms with Gasteiger partial charge >= 0.3 is 0 Å². The lowest BCUT2D eigenvalue weighted by Gasteiger charge is -2.40. The second-order valence-corrected chi connectivity index (χ2v) is 6.61. The van der Waals surface area contributed by atoms with Crippen molar-refractivity contribution >= 4 is 11.6 Å². The molecule has 0 bridgehead atoms. The van der Waals surface area contributed by atoms with E-state index in [2.05, 4.69) is 25.9 Å². The van der Waals surface area contributed by atoms with Crippen molar-refractivity contribution in [2.45, 2.75) is 52.5 Å². The minimum Gasteiger partial charge on any atom is -0.330 e. The van der Waals surface area contributed by atoms with Gasteiger partial charge in [-0.1, -0.05) is 25.4 Å². The van der Waals surface area contributed by atoms with E-state index in [1.54, 1.807) is 6.20 Å². The molecule has 0 aliphatic heterocycles. The first-order valence-electron chi connectivity index (χ1n) is 6.89. The van der Waals surface area contributed by atoms with Crippen LogP contribution in [0.3, 0.4) is 0 Å². The fraction of sp³-hybridized carbons (Fsp3) is 0.786. The predicted molar refractivity (Wildman–Crippen MR) is 75.8 cm³/mol. The lowest BCUT2D eigenvalue weighted by atomic mass is 9.66. The van der Waals surface area contributed by atoms with Crippen LogP contribution < -0.4 is 5.73 Å². The molecule has 1 aliphatic rings. The Bertz CT molecular complexity index is 411. The highest BCUT2D eigenvalue weighted by atomic mass is 35.5. The average molecular weight is 270 g/mol. The Hall–Kier alpha value is -0.540. The third-order valence-electron chi connectivity index (χ3n) is 4.32. The number of halogens is 1. The number of hydrogen-bond acceptors (Lipinski definition) is 2. The Labute approximate surface area is 115 Å². The summed E-state index contributed by atoms with van der Waals surface area (Å²) in [4.78, 5) is 0. The molecule has 0 spiro atoms. The lowest BCUT2D eigenvalue weighted by Crippen LogP contribution is -2.34. The Kier molecular flexibility index (Phi) is 4.02. The largest absolute Gasteiger partial charge is 0.330 e. The van der Waals surface area contributed by atoms with E-state index < -0.39 is 0 Å². The molecule has 1 aliphatic carbocycles. The van der Waals surface area contributed by atoms with Crippen LogP contribution >= 0.6 is 11.6 Å². The van der Waals surface area contributed by atoms with Crippen molar-refractivity contribution in [3.8, 4) is 0 Å². The Morgan fingerprint density at radius 2 is 2.28 bits per heavy atom. The molecule has 1 heterocycles. The summed E-state index contributed by atoms with van der Waals surface area (Å²) >= 11 is 6.35. The second kappa shape index (κ2) is 5.22. The number of aromatic nitrogens is 2. The maximum atomic E-state index is 6.35. The van der Waals surface area contributed by atoms with Crippen LogP contribution in [0.25, 0.3) is 0 Å². The molecule has 1 aromatic rings. The molecule has 1 saturated carbocycles. The van der Waals surface area contributed by atoms with Crippen LogP contribution in [0.2, 0.25) is 5.02 Å². The van der Waals surface area contributed by atoms with Gasteiger partial charge in [-0.05, 0) is 44.1 Å². The molecule has 2 rings (SSSR count). The van der Waals surface area contributed by atoms with E-state index in [4.69, 9.17) is 17.3 Å². The smallest absolute Gasteiger partial charge is 0.0820 e. The average Bonchev–Trinajstić information content (AvgIpc) is 2.69.